The monoisotopic (exact) mass is 295 g/mol. The lowest BCUT2D eigenvalue weighted by Gasteiger charge is -2.47. The fourth-order valence-electron chi connectivity index (χ4n) is 4.17. The highest BCUT2D eigenvalue weighted by molar-refractivity contribution is 6.01. The van der Waals surface area contributed by atoms with E-state index in [1.807, 2.05) is 0 Å². The van der Waals surface area contributed by atoms with Crippen LogP contribution in [0, 0.1) is 11.8 Å². The number of hydrogen-bond acceptors (Lipinski definition) is 5. The van der Waals surface area contributed by atoms with E-state index in [4.69, 9.17) is 9.47 Å². The fourth-order valence-corrected chi connectivity index (χ4v) is 4.17. The van der Waals surface area contributed by atoms with Crippen molar-refractivity contribution in [1.29, 1.82) is 0 Å². The van der Waals surface area contributed by atoms with Gasteiger partial charge in [-0.25, -0.2) is 4.79 Å². The Morgan fingerprint density at radius 2 is 2.10 bits per heavy atom. The van der Waals surface area contributed by atoms with Crippen molar-refractivity contribution >= 4 is 11.9 Å². The molecule has 6 nitrogen and oxygen atoms in total. The lowest BCUT2D eigenvalue weighted by atomic mass is 9.72. The Hall–Kier alpha value is -1.40. The van der Waals surface area contributed by atoms with Crippen LogP contribution in [0.4, 0.5) is 0 Å². The summed E-state index contributed by atoms with van der Waals surface area (Å²) in [5, 5.41) is 9.87. The molecule has 0 spiro atoms. The second-order valence-corrected chi connectivity index (χ2v) is 6.02. The molecule has 1 saturated heterocycles. The highest BCUT2D eigenvalue weighted by atomic mass is 16.5. The Bertz CT molecular complexity index is 512. The fraction of sp³-hybridized carbons (Fsp3) is 0.733. The number of amides is 1. The molecule has 0 aromatic carbocycles. The van der Waals surface area contributed by atoms with Crippen LogP contribution < -0.4 is 0 Å². The zero-order valence-corrected chi connectivity index (χ0v) is 12.5. The molecule has 1 amide bonds. The third kappa shape index (κ3) is 1.85. The van der Waals surface area contributed by atoms with Crippen LogP contribution in [-0.4, -0.2) is 54.4 Å². The van der Waals surface area contributed by atoms with Gasteiger partial charge < -0.3 is 19.5 Å². The average molecular weight is 295 g/mol. The number of aliphatic hydroxyl groups is 1. The average Bonchev–Trinajstić information content (AvgIpc) is 2.76. The molecule has 2 heterocycles. The lowest BCUT2D eigenvalue weighted by Crippen LogP contribution is -2.64. The van der Waals surface area contributed by atoms with Crippen LogP contribution in [0.1, 0.15) is 26.2 Å². The topological polar surface area (TPSA) is 76.1 Å². The number of rotatable bonds is 3. The minimum atomic E-state index is -0.708. The summed E-state index contributed by atoms with van der Waals surface area (Å²) >= 11 is 0. The maximum Gasteiger partial charge on any atom is 0.354 e. The molecule has 3 rings (SSSR count). The van der Waals surface area contributed by atoms with E-state index >= 15 is 0 Å². The van der Waals surface area contributed by atoms with Gasteiger partial charge in [0.25, 0.3) is 0 Å². The van der Waals surface area contributed by atoms with Crippen LogP contribution in [0.2, 0.25) is 0 Å². The number of β-lactam (4-membered cyclic amide) rings is 1. The number of esters is 1. The summed E-state index contributed by atoms with van der Waals surface area (Å²) in [5.41, 5.74) is 1.23. The summed E-state index contributed by atoms with van der Waals surface area (Å²) in [5.74, 6) is -1.01. The summed E-state index contributed by atoms with van der Waals surface area (Å²) in [7, 11) is 2.94. The van der Waals surface area contributed by atoms with Crippen molar-refractivity contribution in [3.05, 3.63) is 11.3 Å². The van der Waals surface area contributed by atoms with Crippen LogP contribution in [0.15, 0.2) is 11.3 Å². The zero-order valence-electron chi connectivity index (χ0n) is 12.5. The molecule has 116 valence electrons. The van der Waals surface area contributed by atoms with Crippen LogP contribution >= 0.6 is 0 Å². The van der Waals surface area contributed by atoms with Crippen molar-refractivity contribution in [3.8, 4) is 0 Å². The van der Waals surface area contributed by atoms with Gasteiger partial charge in [-0.2, -0.15) is 0 Å². The lowest BCUT2D eigenvalue weighted by molar-refractivity contribution is -0.164. The van der Waals surface area contributed by atoms with Crippen molar-refractivity contribution in [1.82, 2.24) is 4.90 Å². The third-order valence-corrected chi connectivity index (χ3v) is 5.03. The van der Waals surface area contributed by atoms with Gasteiger partial charge in [0.1, 0.15) is 5.70 Å². The van der Waals surface area contributed by atoms with E-state index in [1.165, 1.54) is 12.0 Å². The molecule has 1 N–H and O–H groups in total. The Labute approximate surface area is 123 Å². The Balaban J connectivity index is 2.05. The Morgan fingerprint density at radius 1 is 1.38 bits per heavy atom. The largest absolute Gasteiger partial charge is 0.464 e. The van der Waals surface area contributed by atoms with Crippen LogP contribution in [-0.2, 0) is 19.1 Å². The predicted octanol–water partition coefficient (Wildman–Crippen LogP) is 0.450. The maximum absolute atomic E-state index is 12.3. The van der Waals surface area contributed by atoms with Gasteiger partial charge in [-0.1, -0.05) is 0 Å². The molecular weight excluding hydrogens is 274 g/mol. The molecule has 3 aliphatic rings. The normalized spacial score (nSPS) is 36.0. The summed E-state index contributed by atoms with van der Waals surface area (Å²) in [6, 6.07) is -0.125. The molecule has 0 radical (unpaired) electrons. The molecule has 1 aliphatic carbocycles. The van der Waals surface area contributed by atoms with E-state index in [1.54, 1.807) is 14.0 Å². The summed E-state index contributed by atoms with van der Waals surface area (Å²) in [6.07, 6.45) is 1.89. The zero-order chi connectivity index (χ0) is 15.3. The molecule has 6 heteroatoms. The first-order valence-electron chi connectivity index (χ1n) is 7.39. The molecule has 21 heavy (non-hydrogen) atoms. The van der Waals surface area contributed by atoms with Crippen LogP contribution in [0.5, 0.6) is 0 Å². The Morgan fingerprint density at radius 3 is 2.67 bits per heavy atom. The minimum absolute atomic E-state index is 0.0927. The smallest absolute Gasteiger partial charge is 0.354 e. The van der Waals surface area contributed by atoms with E-state index in [9.17, 15) is 14.7 Å². The van der Waals surface area contributed by atoms with E-state index in [-0.39, 0.29) is 24.0 Å². The van der Waals surface area contributed by atoms with Crippen LogP contribution in [0.25, 0.3) is 0 Å². The predicted molar refractivity (Wildman–Crippen MR) is 73.0 cm³/mol. The van der Waals surface area contributed by atoms with Gasteiger partial charge in [-0.3, -0.25) is 4.79 Å². The number of hydrogen-bond donors (Lipinski definition) is 1. The quantitative estimate of drug-likeness (QED) is 0.604. The SMILES string of the molecule is COC(=O)C1=C2[C@@H](OC)CCC[C@@H]2[C@@H]2[C@@H]([C@@H](C)O)C(=O)N12. The molecule has 1 saturated carbocycles. The Kier molecular flexibility index (Phi) is 3.53. The first-order chi connectivity index (χ1) is 10.0. The second-order valence-electron chi connectivity index (χ2n) is 6.02. The second kappa shape index (κ2) is 5.10. The van der Waals surface area contributed by atoms with Crippen molar-refractivity contribution in [2.75, 3.05) is 14.2 Å². The number of aliphatic hydroxyl groups excluding tert-OH is 1. The van der Waals surface area contributed by atoms with E-state index in [0.29, 0.717) is 5.70 Å². The molecule has 0 bridgehead atoms. The van der Waals surface area contributed by atoms with Crippen molar-refractivity contribution < 1.29 is 24.2 Å². The molecule has 2 fully saturated rings. The van der Waals surface area contributed by atoms with E-state index < -0.39 is 18.0 Å². The number of ether oxygens (including phenoxy) is 2. The first kappa shape index (κ1) is 14.5. The highest BCUT2D eigenvalue weighted by Crippen LogP contribution is 2.52. The molecule has 0 aromatic heterocycles. The van der Waals surface area contributed by atoms with Crippen LogP contribution in [0.3, 0.4) is 0 Å². The number of methoxy groups -OCH3 is 2. The molecule has 0 aromatic rings. The number of fused-ring (bicyclic) bond motifs is 3. The standard InChI is InChI=1S/C15H21NO5/c1-7(17)10-12-8-5-4-6-9(20-2)11(8)13(15(19)21-3)16(12)14(10)18/h7-10,12,17H,4-6H2,1-3H3/t7-,8+,9+,10-,12-/m1/s1. The van der Waals surface area contributed by atoms with Gasteiger partial charge in [-0.05, 0) is 31.8 Å². The molecule has 0 unspecified atom stereocenters. The van der Waals surface area contributed by atoms with Gasteiger partial charge in [0.15, 0.2) is 0 Å². The van der Waals surface area contributed by atoms with Crippen molar-refractivity contribution in [2.24, 2.45) is 11.8 Å². The maximum atomic E-state index is 12.3. The van der Waals surface area contributed by atoms with Gasteiger partial charge in [0, 0.05) is 13.0 Å². The van der Waals surface area contributed by atoms with Crippen molar-refractivity contribution in [3.63, 3.8) is 0 Å². The van der Waals surface area contributed by atoms with E-state index in [2.05, 4.69) is 0 Å². The van der Waals surface area contributed by atoms with Gasteiger partial charge in [0.05, 0.1) is 31.3 Å². The van der Waals surface area contributed by atoms with Gasteiger partial charge >= 0.3 is 5.97 Å². The number of nitrogens with zero attached hydrogens (tertiary/aromatic N) is 1. The summed E-state index contributed by atoms with van der Waals surface area (Å²) in [6.45, 7) is 1.63. The molecular formula is C15H21NO5. The minimum Gasteiger partial charge on any atom is -0.464 e. The number of carbonyl (C=O) groups excluding carboxylic acids is 2. The number of carbonyl (C=O) groups is 2. The van der Waals surface area contributed by atoms with Crippen molar-refractivity contribution in [2.45, 2.75) is 44.4 Å². The summed E-state index contributed by atoms with van der Waals surface area (Å²) < 4.78 is 10.4. The summed E-state index contributed by atoms with van der Waals surface area (Å²) in [4.78, 5) is 26.0. The van der Waals surface area contributed by atoms with Gasteiger partial charge in [-0.15, -0.1) is 0 Å². The molecule has 5 atom stereocenters. The highest BCUT2D eigenvalue weighted by Gasteiger charge is 2.62. The van der Waals surface area contributed by atoms with E-state index in [0.717, 1.165) is 24.8 Å². The first-order valence-corrected chi connectivity index (χ1v) is 7.39. The molecule has 2 aliphatic heterocycles. The third-order valence-electron chi connectivity index (χ3n) is 5.03. The van der Waals surface area contributed by atoms with Gasteiger partial charge in [0.2, 0.25) is 5.91 Å².